The van der Waals surface area contributed by atoms with E-state index >= 15 is 0 Å². The molecule has 1 heteroatoms. The molecule has 0 spiro atoms. The zero-order valence-electron chi connectivity index (χ0n) is 10.1. The van der Waals surface area contributed by atoms with E-state index in [0.717, 1.165) is 11.2 Å². The van der Waals surface area contributed by atoms with Crippen molar-refractivity contribution in [3.63, 3.8) is 0 Å². The molecule has 0 atom stereocenters. The van der Waals surface area contributed by atoms with Gasteiger partial charge in [-0.2, -0.15) is 0 Å². The maximum Gasteiger partial charge on any atom is 0.135 e. The van der Waals surface area contributed by atoms with Crippen LogP contribution in [0.3, 0.4) is 0 Å². The second-order valence-electron chi connectivity index (χ2n) is 5.11. The third-order valence-corrected chi connectivity index (χ3v) is 3.82. The van der Waals surface area contributed by atoms with E-state index in [4.69, 9.17) is 4.42 Å². The number of fused-ring (bicyclic) bond motifs is 3. The quantitative estimate of drug-likeness (QED) is 0.607. The summed E-state index contributed by atoms with van der Waals surface area (Å²) >= 11 is 0. The second kappa shape index (κ2) is 3.49. The highest BCUT2D eigenvalue weighted by Crippen LogP contribution is 2.42. The fourth-order valence-electron chi connectivity index (χ4n) is 2.59. The first-order chi connectivity index (χ1) is 8.83. The van der Waals surface area contributed by atoms with Crippen LogP contribution in [0.5, 0.6) is 0 Å². The monoisotopic (exact) mass is 234 g/mol. The molecule has 0 unspecified atom stereocenters. The minimum absolute atomic E-state index is 0.709. The van der Waals surface area contributed by atoms with Gasteiger partial charge < -0.3 is 4.42 Å². The Morgan fingerprint density at radius 1 is 1.00 bits per heavy atom. The van der Waals surface area contributed by atoms with Gasteiger partial charge >= 0.3 is 0 Å². The number of furan rings is 1. The molecule has 0 N–H and O–H groups in total. The highest BCUT2D eigenvalue weighted by atomic mass is 16.3. The molecule has 1 aliphatic carbocycles. The molecule has 4 rings (SSSR count). The van der Waals surface area contributed by atoms with Gasteiger partial charge in [0.25, 0.3) is 0 Å². The third-order valence-electron chi connectivity index (χ3n) is 3.82. The van der Waals surface area contributed by atoms with Crippen molar-refractivity contribution in [2.24, 2.45) is 5.92 Å². The molecule has 1 nitrogen and oxygen atoms in total. The van der Waals surface area contributed by atoms with E-state index in [9.17, 15) is 0 Å². The Hall–Kier alpha value is -2.02. The van der Waals surface area contributed by atoms with E-state index in [0.29, 0.717) is 5.92 Å². The lowest BCUT2D eigenvalue weighted by Crippen LogP contribution is -1.83. The molecule has 0 aliphatic heterocycles. The van der Waals surface area contributed by atoms with E-state index in [1.807, 2.05) is 12.1 Å². The molecule has 3 aromatic rings. The summed E-state index contributed by atoms with van der Waals surface area (Å²) in [6.07, 6.45) is 2.59. The van der Waals surface area contributed by atoms with Crippen LogP contribution < -0.4 is 0 Å². The minimum atomic E-state index is 0.709. The Labute approximate surface area is 106 Å². The number of para-hydroxylation sites is 1. The Morgan fingerprint density at radius 2 is 1.78 bits per heavy atom. The highest BCUT2D eigenvalue weighted by Gasteiger charge is 2.25. The highest BCUT2D eigenvalue weighted by molar-refractivity contribution is 6.05. The van der Waals surface area contributed by atoms with Gasteiger partial charge in [-0.25, -0.2) is 0 Å². The summed E-state index contributed by atoms with van der Waals surface area (Å²) in [6, 6.07) is 14.6. The molecule has 1 saturated carbocycles. The Morgan fingerprint density at radius 3 is 2.61 bits per heavy atom. The van der Waals surface area contributed by atoms with Gasteiger partial charge in [0, 0.05) is 10.8 Å². The average Bonchev–Trinajstić information content (AvgIpc) is 3.18. The number of benzene rings is 2. The first kappa shape index (κ1) is 9.95. The summed E-state index contributed by atoms with van der Waals surface area (Å²) in [5, 5.41) is 2.39. The van der Waals surface area contributed by atoms with Crippen molar-refractivity contribution < 1.29 is 4.42 Å². The Kier molecular flexibility index (Phi) is 1.93. The van der Waals surface area contributed by atoms with E-state index in [2.05, 4.69) is 36.9 Å². The number of hydrogen-bond donors (Lipinski definition) is 0. The maximum absolute atomic E-state index is 5.83. The molecule has 1 heterocycles. The Bertz CT molecular complexity index is 759. The van der Waals surface area contributed by atoms with Gasteiger partial charge in [-0.3, -0.25) is 0 Å². The SMILES string of the molecule is C=C(c1ccc2oc3ccccc3c2c1)C1CC1. The zero-order chi connectivity index (χ0) is 12.1. The first-order valence-electron chi connectivity index (χ1n) is 6.43. The van der Waals surface area contributed by atoms with Crippen molar-refractivity contribution in [1.29, 1.82) is 0 Å². The lowest BCUT2D eigenvalue weighted by atomic mass is 10.0. The van der Waals surface area contributed by atoms with Crippen molar-refractivity contribution in [2.75, 3.05) is 0 Å². The summed E-state index contributed by atoms with van der Waals surface area (Å²) < 4.78 is 5.83. The van der Waals surface area contributed by atoms with Crippen LogP contribution in [0, 0.1) is 5.92 Å². The van der Waals surface area contributed by atoms with Gasteiger partial charge in [-0.15, -0.1) is 0 Å². The molecule has 2 aromatic carbocycles. The van der Waals surface area contributed by atoms with Gasteiger partial charge in [0.2, 0.25) is 0 Å². The Balaban J connectivity index is 1.97. The molecule has 88 valence electrons. The average molecular weight is 234 g/mol. The van der Waals surface area contributed by atoms with Crippen molar-refractivity contribution in [3.05, 3.63) is 54.6 Å². The third kappa shape index (κ3) is 1.40. The topological polar surface area (TPSA) is 13.1 Å². The van der Waals surface area contributed by atoms with Gasteiger partial charge in [0.15, 0.2) is 0 Å². The normalized spacial score (nSPS) is 15.3. The standard InChI is InChI=1S/C17H14O/c1-11(12-6-7-12)13-8-9-17-15(10-13)14-4-2-3-5-16(14)18-17/h2-5,8-10,12H,1,6-7H2. The van der Waals surface area contributed by atoms with Crippen molar-refractivity contribution in [2.45, 2.75) is 12.8 Å². The van der Waals surface area contributed by atoms with Gasteiger partial charge in [-0.05, 0) is 48.1 Å². The largest absolute Gasteiger partial charge is 0.456 e. The summed E-state index contributed by atoms with van der Waals surface area (Å²) in [6.45, 7) is 4.23. The zero-order valence-corrected chi connectivity index (χ0v) is 10.1. The van der Waals surface area contributed by atoms with Gasteiger partial charge in [0.05, 0.1) is 0 Å². The van der Waals surface area contributed by atoms with E-state index in [1.54, 1.807) is 0 Å². The number of allylic oxidation sites excluding steroid dienone is 1. The molecule has 1 aliphatic rings. The molecule has 0 saturated heterocycles. The smallest absolute Gasteiger partial charge is 0.135 e. The first-order valence-corrected chi connectivity index (χ1v) is 6.43. The fourth-order valence-corrected chi connectivity index (χ4v) is 2.59. The number of rotatable bonds is 2. The molecular formula is C17H14O. The molecule has 18 heavy (non-hydrogen) atoms. The van der Waals surface area contributed by atoms with Crippen molar-refractivity contribution >= 4 is 27.5 Å². The minimum Gasteiger partial charge on any atom is -0.456 e. The summed E-state index contributed by atoms with van der Waals surface area (Å²) in [5.41, 5.74) is 4.46. The van der Waals surface area contributed by atoms with Crippen molar-refractivity contribution in [3.8, 4) is 0 Å². The van der Waals surface area contributed by atoms with Crippen LogP contribution in [-0.4, -0.2) is 0 Å². The molecular weight excluding hydrogens is 220 g/mol. The maximum atomic E-state index is 5.83. The fraction of sp³-hybridized carbons (Fsp3) is 0.176. The predicted molar refractivity (Wildman–Crippen MR) is 75.5 cm³/mol. The van der Waals surface area contributed by atoms with Crippen molar-refractivity contribution in [1.82, 2.24) is 0 Å². The van der Waals surface area contributed by atoms with Gasteiger partial charge in [0.1, 0.15) is 11.2 Å². The molecule has 1 fully saturated rings. The van der Waals surface area contributed by atoms with Crippen LogP contribution in [-0.2, 0) is 0 Å². The summed E-state index contributed by atoms with van der Waals surface area (Å²) in [7, 11) is 0. The van der Waals surface area contributed by atoms with E-state index < -0.39 is 0 Å². The molecule has 0 bridgehead atoms. The molecule has 1 aromatic heterocycles. The van der Waals surface area contributed by atoms with Crippen LogP contribution >= 0.6 is 0 Å². The van der Waals surface area contributed by atoms with Crippen LogP contribution in [0.15, 0.2) is 53.5 Å². The lowest BCUT2D eigenvalue weighted by molar-refractivity contribution is 0.669. The van der Waals surface area contributed by atoms with Gasteiger partial charge in [-0.1, -0.05) is 30.8 Å². The van der Waals surface area contributed by atoms with E-state index in [1.165, 1.54) is 34.8 Å². The number of hydrogen-bond acceptors (Lipinski definition) is 1. The van der Waals surface area contributed by atoms with E-state index in [-0.39, 0.29) is 0 Å². The molecule has 0 radical (unpaired) electrons. The summed E-state index contributed by atoms with van der Waals surface area (Å²) in [5.74, 6) is 0.709. The predicted octanol–water partition coefficient (Wildman–Crippen LogP) is 5.01. The van der Waals surface area contributed by atoms with Crippen LogP contribution in [0.4, 0.5) is 0 Å². The molecule has 0 amide bonds. The second-order valence-corrected chi connectivity index (χ2v) is 5.11. The summed E-state index contributed by atoms with van der Waals surface area (Å²) in [4.78, 5) is 0. The van der Waals surface area contributed by atoms with Crippen LogP contribution in [0.25, 0.3) is 27.5 Å². The van der Waals surface area contributed by atoms with Crippen LogP contribution in [0.2, 0.25) is 0 Å². The lowest BCUT2D eigenvalue weighted by Gasteiger charge is -2.03. The van der Waals surface area contributed by atoms with Crippen LogP contribution in [0.1, 0.15) is 18.4 Å².